The summed E-state index contributed by atoms with van der Waals surface area (Å²) < 4.78 is 31.5. The van der Waals surface area contributed by atoms with E-state index in [0.717, 1.165) is 9.75 Å². The van der Waals surface area contributed by atoms with E-state index in [0.29, 0.717) is 11.4 Å². The van der Waals surface area contributed by atoms with Gasteiger partial charge in [0.1, 0.15) is 0 Å². The van der Waals surface area contributed by atoms with E-state index in [-0.39, 0.29) is 18.9 Å². The number of carbonyl (C=O) groups excluding carboxylic acids is 1. The van der Waals surface area contributed by atoms with Crippen LogP contribution in [0.1, 0.15) is 30.0 Å². The highest BCUT2D eigenvalue weighted by Gasteiger charge is 2.28. The fourth-order valence-corrected chi connectivity index (χ4v) is 5.17. The van der Waals surface area contributed by atoms with Crippen molar-refractivity contribution in [1.29, 1.82) is 0 Å². The van der Waals surface area contributed by atoms with Gasteiger partial charge >= 0.3 is 5.97 Å². The summed E-state index contributed by atoms with van der Waals surface area (Å²) in [5, 5.41) is 0. The maximum Gasteiger partial charge on any atom is 0.306 e. The van der Waals surface area contributed by atoms with Crippen LogP contribution in [0.5, 0.6) is 0 Å². The van der Waals surface area contributed by atoms with Crippen LogP contribution >= 0.6 is 11.3 Å². The topological polar surface area (TPSA) is 63.7 Å². The van der Waals surface area contributed by atoms with Gasteiger partial charge < -0.3 is 4.74 Å². The Morgan fingerprint density at radius 3 is 2.43 bits per heavy atom. The third kappa shape index (κ3) is 4.79. The molecule has 0 saturated heterocycles. The number of hydrogen-bond donors (Lipinski definition) is 0. The first-order chi connectivity index (χ1) is 9.68. The monoisotopic (exact) mass is 333 g/mol. The zero-order valence-corrected chi connectivity index (χ0v) is 14.8. The molecule has 0 N–H and O–H groups in total. The average molecular weight is 333 g/mol. The Morgan fingerprint density at radius 2 is 2.00 bits per heavy atom. The molecule has 0 bridgehead atoms. The fourth-order valence-electron chi connectivity index (χ4n) is 2.04. The van der Waals surface area contributed by atoms with Gasteiger partial charge in [0, 0.05) is 22.8 Å². The Labute approximate surface area is 131 Å². The molecule has 0 aliphatic heterocycles. The summed E-state index contributed by atoms with van der Waals surface area (Å²) in [6.07, 6.45) is 0.0601. The molecule has 0 aliphatic rings. The second kappa shape index (κ2) is 7.38. The summed E-state index contributed by atoms with van der Waals surface area (Å²) in [4.78, 5) is 13.4. The molecule has 0 aromatic carbocycles. The Morgan fingerprint density at radius 1 is 1.38 bits per heavy atom. The highest BCUT2D eigenvalue weighted by molar-refractivity contribution is 7.89. The molecule has 0 radical (unpaired) electrons. The van der Waals surface area contributed by atoms with Crippen molar-refractivity contribution in [2.75, 3.05) is 20.2 Å². The van der Waals surface area contributed by atoms with Gasteiger partial charge in [0.15, 0.2) is 0 Å². The molecule has 120 valence electrons. The van der Waals surface area contributed by atoms with Gasteiger partial charge in [-0.2, -0.15) is 4.31 Å². The molecule has 0 amide bonds. The van der Waals surface area contributed by atoms with Crippen molar-refractivity contribution in [2.45, 2.75) is 39.0 Å². The largest absolute Gasteiger partial charge is 0.469 e. The Hall–Kier alpha value is -0.920. The molecule has 0 fully saturated rings. The van der Waals surface area contributed by atoms with E-state index in [4.69, 9.17) is 0 Å². The van der Waals surface area contributed by atoms with Gasteiger partial charge in [0.2, 0.25) is 10.0 Å². The van der Waals surface area contributed by atoms with Gasteiger partial charge in [0.05, 0.1) is 18.4 Å². The second-order valence-corrected chi connectivity index (χ2v) is 8.73. The summed E-state index contributed by atoms with van der Waals surface area (Å²) in [5.74, 6) is -0.227. The minimum atomic E-state index is -3.57. The lowest BCUT2D eigenvalue weighted by Crippen LogP contribution is -2.36. The molecule has 0 aliphatic carbocycles. The van der Waals surface area contributed by atoms with Crippen LogP contribution < -0.4 is 0 Å². The first-order valence-electron chi connectivity index (χ1n) is 6.82. The molecule has 7 heteroatoms. The van der Waals surface area contributed by atoms with Gasteiger partial charge in [-0.1, -0.05) is 13.8 Å². The fraction of sp³-hybridized carbons (Fsp3) is 0.643. The molecule has 1 aromatic rings. The number of carbonyl (C=O) groups is 1. The van der Waals surface area contributed by atoms with E-state index in [1.807, 2.05) is 20.8 Å². The van der Waals surface area contributed by atoms with Crippen LogP contribution in [0.2, 0.25) is 0 Å². The maximum absolute atomic E-state index is 12.8. The van der Waals surface area contributed by atoms with Crippen molar-refractivity contribution in [3.63, 3.8) is 0 Å². The molecule has 1 rings (SSSR count). The minimum Gasteiger partial charge on any atom is -0.469 e. The number of sulfonamides is 1. The number of ether oxygens (including phenoxy) is 1. The van der Waals surface area contributed by atoms with Gasteiger partial charge in [-0.05, 0) is 25.8 Å². The minimum absolute atomic E-state index is 0.0601. The summed E-state index contributed by atoms with van der Waals surface area (Å²) in [7, 11) is -2.27. The van der Waals surface area contributed by atoms with Crippen LogP contribution in [0.3, 0.4) is 0 Å². The Kier molecular flexibility index (Phi) is 6.37. The van der Waals surface area contributed by atoms with Crippen LogP contribution in [0, 0.1) is 19.8 Å². The van der Waals surface area contributed by atoms with E-state index in [9.17, 15) is 13.2 Å². The normalized spacial score (nSPS) is 12.1. The van der Waals surface area contributed by atoms with Crippen LogP contribution in [0.15, 0.2) is 11.0 Å². The molecule has 0 spiro atoms. The van der Waals surface area contributed by atoms with Gasteiger partial charge in [0.25, 0.3) is 0 Å². The molecule has 0 unspecified atom stereocenters. The quantitative estimate of drug-likeness (QED) is 0.720. The molecule has 21 heavy (non-hydrogen) atoms. The van der Waals surface area contributed by atoms with Crippen molar-refractivity contribution >= 4 is 27.3 Å². The molecular weight excluding hydrogens is 310 g/mol. The zero-order chi connectivity index (χ0) is 16.2. The van der Waals surface area contributed by atoms with E-state index < -0.39 is 16.0 Å². The van der Waals surface area contributed by atoms with Crippen LogP contribution in [-0.2, 0) is 19.6 Å². The van der Waals surface area contributed by atoms with Crippen molar-refractivity contribution in [3.05, 3.63) is 15.8 Å². The number of rotatable bonds is 7. The summed E-state index contributed by atoms with van der Waals surface area (Å²) >= 11 is 1.46. The van der Waals surface area contributed by atoms with E-state index in [1.165, 1.54) is 22.8 Å². The molecule has 0 atom stereocenters. The Bertz CT molecular complexity index is 590. The van der Waals surface area contributed by atoms with E-state index in [2.05, 4.69) is 4.74 Å². The molecule has 5 nitrogen and oxygen atoms in total. The van der Waals surface area contributed by atoms with Crippen molar-refractivity contribution in [3.8, 4) is 0 Å². The lowest BCUT2D eigenvalue weighted by Gasteiger charge is -2.23. The molecular formula is C14H23NO4S2. The van der Waals surface area contributed by atoms with E-state index >= 15 is 0 Å². The van der Waals surface area contributed by atoms with Crippen LogP contribution in [-0.4, -0.2) is 38.9 Å². The Balaban J connectivity index is 3.05. The standard InChI is InChI=1S/C14H23NO4S2/c1-10(2)9-15(7-6-14(16)19-5)21(17,18)13-8-11(3)20-12(13)4/h8,10H,6-7,9H2,1-5H3. The maximum atomic E-state index is 12.8. The van der Waals surface area contributed by atoms with Gasteiger partial charge in [-0.3, -0.25) is 4.79 Å². The predicted octanol–water partition coefficient (Wildman–Crippen LogP) is 2.57. The van der Waals surface area contributed by atoms with Crippen LogP contribution in [0.25, 0.3) is 0 Å². The average Bonchev–Trinajstić information content (AvgIpc) is 2.73. The first kappa shape index (κ1) is 18.1. The summed E-state index contributed by atoms with van der Waals surface area (Å²) in [6.45, 7) is 8.12. The lowest BCUT2D eigenvalue weighted by molar-refractivity contribution is -0.140. The second-order valence-electron chi connectivity index (χ2n) is 5.36. The smallest absolute Gasteiger partial charge is 0.306 e. The van der Waals surface area contributed by atoms with Crippen molar-refractivity contribution < 1.29 is 17.9 Å². The van der Waals surface area contributed by atoms with Gasteiger partial charge in [-0.15, -0.1) is 11.3 Å². The molecule has 0 saturated carbocycles. The third-order valence-corrected chi connectivity index (χ3v) is 6.06. The van der Waals surface area contributed by atoms with Crippen molar-refractivity contribution in [2.24, 2.45) is 5.92 Å². The number of methoxy groups -OCH3 is 1. The summed E-state index contributed by atoms with van der Waals surface area (Å²) in [5.41, 5.74) is 0. The third-order valence-electron chi connectivity index (χ3n) is 2.98. The molecule has 1 aromatic heterocycles. The number of aryl methyl sites for hydroxylation is 2. The number of thiophene rings is 1. The highest BCUT2D eigenvalue weighted by Crippen LogP contribution is 2.28. The number of esters is 1. The highest BCUT2D eigenvalue weighted by atomic mass is 32.2. The van der Waals surface area contributed by atoms with Gasteiger partial charge in [-0.25, -0.2) is 8.42 Å². The predicted molar refractivity (Wildman–Crippen MR) is 84.0 cm³/mol. The van der Waals surface area contributed by atoms with Crippen LogP contribution in [0.4, 0.5) is 0 Å². The zero-order valence-electron chi connectivity index (χ0n) is 13.2. The van der Waals surface area contributed by atoms with Crippen molar-refractivity contribution in [1.82, 2.24) is 4.31 Å². The lowest BCUT2D eigenvalue weighted by atomic mass is 10.2. The molecule has 1 heterocycles. The van der Waals surface area contributed by atoms with E-state index in [1.54, 1.807) is 13.0 Å². The summed E-state index contributed by atoms with van der Waals surface area (Å²) in [6, 6.07) is 1.70. The number of hydrogen-bond acceptors (Lipinski definition) is 5. The number of nitrogens with zero attached hydrogens (tertiary/aromatic N) is 1. The SMILES string of the molecule is COC(=O)CCN(CC(C)C)S(=O)(=O)c1cc(C)sc1C. The first-order valence-corrected chi connectivity index (χ1v) is 9.08.